The van der Waals surface area contributed by atoms with Crippen LogP contribution in [-0.4, -0.2) is 85.1 Å². The number of nitriles is 1. The van der Waals surface area contributed by atoms with E-state index < -0.39 is 0 Å². The van der Waals surface area contributed by atoms with Gasteiger partial charge in [-0.3, -0.25) is 14.9 Å². The van der Waals surface area contributed by atoms with Gasteiger partial charge in [0.05, 0.1) is 18.1 Å². The Kier molecular flexibility index (Phi) is 8.43. The van der Waals surface area contributed by atoms with Gasteiger partial charge in [0.15, 0.2) is 0 Å². The van der Waals surface area contributed by atoms with Gasteiger partial charge in [-0.05, 0) is 63.7 Å². The molecule has 4 aliphatic heterocycles. The van der Waals surface area contributed by atoms with Gasteiger partial charge in [0.25, 0.3) is 5.91 Å². The molecule has 0 aromatic rings. The quantitative estimate of drug-likeness (QED) is 0.500. The fraction of sp³-hybridized carbons (Fsp3) is 0.885. The fourth-order valence-electron chi connectivity index (χ4n) is 7.08. The zero-order chi connectivity index (χ0) is 25.2. The number of hydrogen-bond acceptors (Lipinski definition) is 8. The van der Waals surface area contributed by atoms with Crippen molar-refractivity contribution in [2.24, 2.45) is 23.7 Å². The third kappa shape index (κ3) is 5.56. The molecule has 0 radical (unpaired) electrons. The second kappa shape index (κ2) is 11.6. The van der Waals surface area contributed by atoms with E-state index in [-0.39, 0.29) is 58.4 Å². The van der Waals surface area contributed by atoms with E-state index in [4.69, 9.17) is 9.47 Å². The topological polar surface area (TPSA) is 116 Å². The highest BCUT2D eigenvalue weighted by Gasteiger charge is 2.46. The van der Waals surface area contributed by atoms with Gasteiger partial charge in [-0.25, -0.2) is 0 Å². The van der Waals surface area contributed by atoms with Gasteiger partial charge in [-0.2, -0.15) is 5.26 Å². The first-order valence-corrected chi connectivity index (χ1v) is 14.7. The van der Waals surface area contributed by atoms with E-state index >= 15 is 0 Å². The molecule has 4 heterocycles. The van der Waals surface area contributed by atoms with Crippen LogP contribution in [0.5, 0.6) is 0 Å². The molecule has 3 N–H and O–H groups in total. The molecule has 9 unspecified atom stereocenters. The highest BCUT2D eigenvalue weighted by atomic mass is 32.2. The number of likely N-dealkylation sites (tertiary alicyclic amines) is 1. The standard InChI is InChI=1S/C26H41N5O4S/c1-15-10-17(18-11-16(12-27)5-6-21(18)34-2)19(13-28-15)24(32)30-26-29-20-7-8-31(14-23(20)36-26)25(33)22-4-3-9-35-22/h15-23,26,28-29H,3-11,13-14H2,1-2H3,(H,30,32)/t15?,16?,17?,18?,19?,20?,21?,22-,23?,26?/m0/s1. The Morgan fingerprint density at radius 1 is 1.19 bits per heavy atom. The maximum Gasteiger partial charge on any atom is 0.251 e. The molecule has 36 heavy (non-hydrogen) atoms. The Balaban J connectivity index is 1.20. The van der Waals surface area contributed by atoms with Crippen LogP contribution in [0.2, 0.25) is 0 Å². The molecule has 1 aliphatic carbocycles. The minimum absolute atomic E-state index is 0.0470. The van der Waals surface area contributed by atoms with Crippen molar-refractivity contribution in [3.8, 4) is 6.07 Å². The van der Waals surface area contributed by atoms with Crippen molar-refractivity contribution in [2.45, 2.75) is 86.9 Å². The second-order valence-corrected chi connectivity index (χ2v) is 12.7. The van der Waals surface area contributed by atoms with E-state index in [0.717, 1.165) is 51.5 Å². The van der Waals surface area contributed by atoms with Gasteiger partial charge >= 0.3 is 0 Å². The number of nitrogens with zero attached hydrogens (tertiary/aromatic N) is 2. The lowest BCUT2D eigenvalue weighted by molar-refractivity contribution is -0.141. The summed E-state index contributed by atoms with van der Waals surface area (Å²) in [5.41, 5.74) is -0.151. The SMILES string of the molecule is COC1CCC(C#N)CC1C1CC(C)NCC1C(=O)NC1NC2CCN(C(=O)[C@@H]3CCCO3)CC2S1. The molecule has 200 valence electrons. The average Bonchev–Trinajstić information content (AvgIpc) is 3.57. The van der Waals surface area contributed by atoms with Crippen molar-refractivity contribution in [3.63, 3.8) is 0 Å². The Morgan fingerprint density at radius 3 is 2.81 bits per heavy atom. The van der Waals surface area contributed by atoms with Crippen molar-refractivity contribution in [1.82, 2.24) is 20.9 Å². The molecule has 5 fully saturated rings. The summed E-state index contributed by atoms with van der Waals surface area (Å²) in [6.45, 7) is 4.94. The first-order chi connectivity index (χ1) is 17.5. The number of ether oxygens (including phenoxy) is 2. The van der Waals surface area contributed by atoms with Gasteiger partial charge < -0.3 is 25.0 Å². The lowest BCUT2D eigenvalue weighted by Gasteiger charge is -2.44. The van der Waals surface area contributed by atoms with Crippen LogP contribution in [-0.2, 0) is 19.1 Å². The Hall–Kier alpha value is -1.38. The summed E-state index contributed by atoms with van der Waals surface area (Å²) >= 11 is 1.73. The molecule has 0 aromatic heterocycles. The third-order valence-electron chi connectivity index (χ3n) is 9.06. The van der Waals surface area contributed by atoms with E-state index in [1.54, 1.807) is 18.9 Å². The zero-order valence-electron chi connectivity index (χ0n) is 21.5. The van der Waals surface area contributed by atoms with Crippen molar-refractivity contribution < 1.29 is 19.1 Å². The van der Waals surface area contributed by atoms with Crippen LogP contribution >= 0.6 is 11.8 Å². The second-order valence-electron chi connectivity index (χ2n) is 11.3. The van der Waals surface area contributed by atoms with Gasteiger partial charge in [0.1, 0.15) is 11.6 Å². The molecule has 9 nitrogen and oxygen atoms in total. The Bertz CT molecular complexity index is 849. The number of amides is 2. The number of rotatable bonds is 5. The summed E-state index contributed by atoms with van der Waals surface area (Å²) in [6.07, 6.45) is 5.99. The number of carbonyl (C=O) groups excluding carboxylic acids is 2. The molecule has 5 rings (SSSR count). The normalized spacial score (nSPS) is 43.0. The van der Waals surface area contributed by atoms with Gasteiger partial charge in [-0.1, -0.05) is 0 Å². The molecule has 5 aliphatic rings. The lowest BCUT2D eigenvalue weighted by atomic mass is 9.66. The number of carbonyl (C=O) groups is 2. The van der Waals surface area contributed by atoms with E-state index in [9.17, 15) is 14.9 Å². The van der Waals surface area contributed by atoms with E-state index in [1.165, 1.54) is 0 Å². The van der Waals surface area contributed by atoms with Gasteiger partial charge in [0, 0.05) is 56.6 Å². The minimum Gasteiger partial charge on any atom is -0.381 e. The zero-order valence-corrected chi connectivity index (χ0v) is 22.3. The van der Waals surface area contributed by atoms with Crippen molar-refractivity contribution >= 4 is 23.6 Å². The van der Waals surface area contributed by atoms with Crippen LogP contribution in [0.25, 0.3) is 0 Å². The molecular weight excluding hydrogens is 478 g/mol. The van der Waals surface area contributed by atoms with Crippen molar-refractivity contribution in [2.75, 3.05) is 33.4 Å². The number of thioether (sulfide) groups is 1. The van der Waals surface area contributed by atoms with E-state index in [2.05, 4.69) is 28.9 Å². The monoisotopic (exact) mass is 519 g/mol. The number of fused-ring (bicyclic) bond motifs is 1. The summed E-state index contributed by atoms with van der Waals surface area (Å²) in [6, 6.07) is 3.10. The van der Waals surface area contributed by atoms with Crippen LogP contribution in [0.15, 0.2) is 0 Å². The molecule has 0 bridgehead atoms. The fourth-order valence-corrected chi connectivity index (χ4v) is 8.53. The maximum absolute atomic E-state index is 13.6. The first kappa shape index (κ1) is 26.2. The van der Waals surface area contributed by atoms with Crippen LogP contribution in [0.4, 0.5) is 0 Å². The van der Waals surface area contributed by atoms with Crippen LogP contribution in [0.1, 0.15) is 51.9 Å². The lowest BCUT2D eigenvalue weighted by Crippen LogP contribution is -2.56. The molecule has 1 saturated carbocycles. The summed E-state index contributed by atoms with van der Waals surface area (Å²) in [7, 11) is 1.76. The molecule has 2 amide bonds. The smallest absolute Gasteiger partial charge is 0.251 e. The summed E-state index contributed by atoms with van der Waals surface area (Å²) in [4.78, 5) is 28.4. The first-order valence-electron chi connectivity index (χ1n) is 13.7. The minimum atomic E-state index is -0.272. The van der Waals surface area contributed by atoms with E-state index in [0.29, 0.717) is 31.8 Å². The summed E-state index contributed by atoms with van der Waals surface area (Å²) in [5, 5.41) is 20.2. The number of piperidine rings is 2. The maximum atomic E-state index is 13.6. The third-order valence-corrected chi connectivity index (χ3v) is 10.4. The van der Waals surface area contributed by atoms with Crippen LogP contribution in [0.3, 0.4) is 0 Å². The molecule has 4 saturated heterocycles. The summed E-state index contributed by atoms with van der Waals surface area (Å²) < 4.78 is 11.5. The Morgan fingerprint density at radius 2 is 2.06 bits per heavy atom. The molecule has 0 aromatic carbocycles. The largest absolute Gasteiger partial charge is 0.381 e. The molecule has 0 spiro atoms. The van der Waals surface area contributed by atoms with Gasteiger partial charge in [-0.15, -0.1) is 11.8 Å². The predicted octanol–water partition coefficient (Wildman–Crippen LogP) is 1.44. The van der Waals surface area contributed by atoms with Crippen molar-refractivity contribution in [1.29, 1.82) is 5.26 Å². The Labute approximate surface area is 218 Å². The molecule has 10 atom stereocenters. The van der Waals surface area contributed by atoms with Crippen LogP contribution < -0.4 is 16.0 Å². The average molecular weight is 520 g/mol. The number of hydrogen-bond donors (Lipinski definition) is 3. The molecule has 10 heteroatoms. The van der Waals surface area contributed by atoms with Crippen molar-refractivity contribution in [3.05, 3.63) is 0 Å². The highest BCUT2D eigenvalue weighted by molar-refractivity contribution is 8.00. The predicted molar refractivity (Wildman–Crippen MR) is 137 cm³/mol. The highest BCUT2D eigenvalue weighted by Crippen LogP contribution is 2.42. The summed E-state index contributed by atoms with van der Waals surface area (Å²) in [5.74, 6) is 0.507. The van der Waals surface area contributed by atoms with E-state index in [1.807, 2.05) is 4.90 Å². The molecular formula is C26H41N5O4S. The number of nitrogens with one attached hydrogen (secondary N) is 3. The number of methoxy groups -OCH3 is 1. The van der Waals surface area contributed by atoms with Gasteiger partial charge in [0.2, 0.25) is 5.91 Å². The van der Waals surface area contributed by atoms with Crippen LogP contribution in [0, 0.1) is 35.0 Å².